The summed E-state index contributed by atoms with van der Waals surface area (Å²) in [5.41, 5.74) is 3.13. The number of rotatable bonds is 6. The second kappa shape index (κ2) is 9.02. The third-order valence-electron chi connectivity index (χ3n) is 4.24. The van der Waals surface area contributed by atoms with Crippen LogP contribution in [0, 0.1) is 0 Å². The van der Waals surface area contributed by atoms with E-state index in [1.165, 1.54) is 5.69 Å². The lowest BCUT2D eigenvalue weighted by molar-refractivity contribution is -0.110. The van der Waals surface area contributed by atoms with E-state index in [1.54, 1.807) is 25.3 Å². The van der Waals surface area contributed by atoms with E-state index in [0.717, 1.165) is 43.2 Å². The number of hydrogen-bond donors (Lipinski definition) is 0. The number of carbonyl (C=O) groups is 1. The number of anilines is 1. The molecular weight excluding hydrogens is 326 g/mol. The minimum Gasteiger partial charge on any atom is -0.497 e. The van der Waals surface area contributed by atoms with Crippen LogP contribution in [-0.4, -0.2) is 39.2 Å². The van der Waals surface area contributed by atoms with Gasteiger partial charge in [-0.3, -0.25) is 4.79 Å². The molecule has 1 fully saturated rings. The van der Waals surface area contributed by atoms with Gasteiger partial charge in [-0.05, 0) is 47.5 Å². The van der Waals surface area contributed by atoms with Crippen LogP contribution in [0.2, 0.25) is 0 Å². The molecule has 1 saturated heterocycles. The molecule has 0 amide bonds. The molecule has 0 unspecified atom stereocenters. The minimum atomic E-state index is -0.0509. The lowest BCUT2D eigenvalue weighted by Crippen LogP contribution is -2.36. The topological polar surface area (TPSA) is 38.8 Å². The number of allylic oxidation sites excluding steroid dienone is 2. The van der Waals surface area contributed by atoms with Crippen molar-refractivity contribution in [2.24, 2.45) is 0 Å². The van der Waals surface area contributed by atoms with Gasteiger partial charge in [-0.25, -0.2) is 0 Å². The first kappa shape index (κ1) is 18.0. The normalized spacial score (nSPS) is 14.9. The zero-order valence-corrected chi connectivity index (χ0v) is 14.9. The van der Waals surface area contributed by atoms with Crippen LogP contribution >= 0.6 is 0 Å². The fourth-order valence-electron chi connectivity index (χ4n) is 2.78. The molecule has 1 aliphatic rings. The van der Waals surface area contributed by atoms with Gasteiger partial charge in [-0.2, -0.15) is 0 Å². The van der Waals surface area contributed by atoms with Gasteiger partial charge < -0.3 is 14.4 Å². The maximum atomic E-state index is 12.0. The van der Waals surface area contributed by atoms with Gasteiger partial charge in [0, 0.05) is 18.8 Å². The molecule has 0 radical (unpaired) electrons. The highest BCUT2D eigenvalue weighted by atomic mass is 16.5. The highest BCUT2D eigenvalue weighted by molar-refractivity contribution is 6.04. The van der Waals surface area contributed by atoms with Crippen LogP contribution in [-0.2, 0) is 9.53 Å². The number of carbonyl (C=O) groups excluding carboxylic acids is 1. The summed E-state index contributed by atoms with van der Waals surface area (Å²) in [6.07, 6.45) is 6.77. The second-order valence-corrected chi connectivity index (χ2v) is 6.04. The summed E-state index contributed by atoms with van der Waals surface area (Å²) in [6, 6.07) is 15.8. The lowest BCUT2D eigenvalue weighted by Gasteiger charge is -2.28. The molecule has 1 aliphatic heterocycles. The predicted octanol–water partition coefficient (Wildman–Crippen LogP) is 3.83. The Morgan fingerprint density at radius 3 is 2.38 bits per heavy atom. The average Bonchev–Trinajstić information content (AvgIpc) is 2.72. The summed E-state index contributed by atoms with van der Waals surface area (Å²) in [5, 5.41) is 0. The molecule has 0 atom stereocenters. The van der Waals surface area contributed by atoms with Crippen LogP contribution in [0.5, 0.6) is 5.75 Å². The molecule has 0 saturated carbocycles. The van der Waals surface area contributed by atoms with E-state index >= 15 is 0 Å². The Morgan fingerprint density at radius 2 is 1.69 bits per heavy atom. The molecule has 0 spiro atoms. The zero-order chi connectivity index (χ0) is 18.2. The molecule has 134 valence electrons. The molecule has 26 heavy (non-hydrogen) atoms. The summed E-state index contributed by atoms with van der Waals surface area (Å²) in [6.45, 7) is 3.39. The Morgan fingerprint density at radius 1 is 1.00 bits per heavy atom. The van der Waals surface area contributed by atoms with Gasteiger partial charge in [0.25, 0.3) is 0 Å². The number of benzene rings is 2. The van der Waals surface area contributed by atoms with Gasteiger partial charge in [0.2, 0.25) is 0 Å². The quantitative estimate of drug-likeness (QED) is 0.743. The zero-order valence-electron chi connectivity index (χ0n) is 14.9. The number of ketones is 1. The summed E-state index contributed by atoms with van der Waals surface area (Å²) < 4.78 is 10.6. The Balaban J connectivity index is 1.58. The molecule has 0 aromatic heterocycles. The van der Waals surface area contributed by atoms with E-state index in [0.29, 0.717) is 0 Å². The summed E-state index contributed by atoms with van der Waals surface area (Å²) in [4.78, 5) is 14.3. The summed E-state index contributed by atoms with van der Waals surface area (Å²) >= 11 is 0. The van der Waals surface area contributed by atoms with Crippen LogP contribution in [0.15, 0.2) is 60.7 Å². The van der Waals surface area contributed by atoms with Crippen LogP contribution in [0.25, 0.3) is 12.2 Å². The SMILES string of the molecule is COc1cccc(/C=C/C(=O)/C=C/c2ccc(N3CCOCC3)cc2)c1. The highest BCUT2D eigenvalue weighted by Gasteiger charge is 2.10. The van der Waals surface area contributed by atoms with Gasteiger partial charge in [-0.15, -0.1) is 0 Å². The molecule has 1 heterocycles. The van der Waals surface area contributed by atoms with Crippen molar-refractivity contribution >= 4 is 23.6 Å². The highest BCUT2D eigenvalue weighted by Crippen LogP contribution is 2.17. The largest absolute Gasteiger partial charge is 0.497 e. The monoisotopic (exact) mass is 349 g/mol. The van der Waals surface area contributed by atoms with Gasteiger partial charge in [-0.1, -0.05) is 36.4 Å². The molecule has 4 nitrogen and oxygen atoms in total. The Bertz CT molecular complexity index is 787. The first-order valence-electron chi connectivity index (χ1n) is 8.71. The van der Waals surface area contributed by atoms with Gasteiger partial charge >= 0.3 is 0 Å². The number of ether oxygens (including phenoxy) is 2. The second-order valence-electron chi connectivity index (χ2n) is 6.04. The standard InChI is InChI=1S/C22H23NO3/c1-25-22-4-2-3-19(17-22)8-12-21(24)11-7-18-5-9-20(10-6-18)23-13-15-26-16-14-23/h2-12,17H,13-16H2,1H3/b11-7+,12-8+. The van der Waals surface area contributed by atoms with Crippen molar-refractivity contribution in [1.82, 2.24) is 0 Å². The molecule has 3 rings (SSSR count). The predicted molar refractivity (Wildman–Crippen MR) is 106 cm³/mol. The number of hydrogen-bond acceptors (Lipinski definition) is 4. The van der Waals surface area contributed by atoms with E-state index in [1.807, 2.05) is 42.5 Å². The fourth-order valence-corrected chi connectivity index (χ4v) is 2.78. The third kappa shape index (κ3) is 5.07. The van der Waals surface area contributed by atoms with E-state index < -0.39 is 0 Å². The fraction of sp³-hybridized carbons (Fsp3) is 0.227. The molecule has 2 aromatic carbocycles. The Hall–Kier alpha value is -2.85. The van der Waals surface area contributed by atoms with Crippen molar-refractivity contribution in [2.45, 2.75) is 0 Å². The minimum absolute atomic E-state index is 0.0509. The molecule has 4 heteroatoms. The maximum Gasteiger partial charge on any atom is 0.178 e. The molecule has 0 N–H and O–H groups in total. The molecule has 0 bridgehead atoms. The number of methoxy groups -OCH3 is 1. The number of nitrogens with zero attached hydrogens (tertiary/aromatic N) is 1. The van der Waals surface area contributed by atoms with Crippen LogP contribution in [0.3, 0.4) is 0 Å². The average molecular weight is 349 g/mol. The first-order valence-corrected chi connectivity index (χ1v) is 8.71. The van der Waals surface area contributed by atoms with Crippen LogP contribution < -0.4 is 9.64 Å². The third-order valence-corrected chi connectivity index (χ3v) is 4.24. The van der Waals surface area contributed by atoms with Crippen molar-refractivity contribution in [3.8, 4) is 5.75 Å². The Labute approximate surface area is 154 Å². The molecule has 0 aliphatic carbocycles. The van der Waals surface area contributed by atoms with Crippen molar-refractivity contribution in [3.63, 3.8) is 0 Å². The van der Waals surface area contributed by atoms with Gasteiger partial charge in [0.15, 0.2) is 5.78 Å². The van der Waals surface area contributed by atoms with E-state index in [-0.39, 0.29) is 5.78 Å². The smallest absolute Gasteiger partial charge is 0.178 e. The van der Waals surface area contributed by atoms with Crippen molar-refractivity contribution < 1.29 is 14.3 Å². The molecular formula is C22H23NO3. The summed E-state index contributed by atoms with van der Waals surface area (Å²) in [5.74, 6) is 0.723. The molecule has 2 aromatic rings. The summed E-state index contributed by atoms with van der Waals surface area (Å²) in [7, 11) is 1.63. The van der Waals surface area contributed by atoms with Gasteiger partial charge in [0.1, 0.15) is 5.75 Å². The van der Waals surface area contributed by atoms with Gasteiger partial charge in [0.05, 0.1) is 20.3 Å². The Kier molecular flexibility index (Phi) is 6.23. The van der Waals surface area contributed by atoms with Crippen molar-refractivity contribution in [3.05, 3.63) is 71.8 Å². The lowest BCUT2D eigenvalue weighted by atomic mass is 10.1. The first-order chi connectivity index (χ1) is 12.7. The van der Waals surface area contributed by atoms with Crippen molar-refractivity contribution in [1.29, 1.82) is 0 Å². The van der Waals surface area contributed by atoms with E-state index in [4.69, 9.17) is 9.47 Å². The van der Waals surface area contributed by atoms with Crippen LogP contribution in [0.4, 0.5) is 5.69 Å². The van der Waals surface area contributed by atoms with E-state index in [9.17, 15) is 4.79 Å². The van der Waals surface area contributed by atoms with E-state index in [2.05, 4.69) is 17.0 Å². The maximum absolute atomic E-state index is 12.0. The number of morpholine rings is 1. The van der Waals surface area contributed by atoms with Crippen molar-refractivity contribution in [2.75, 3.05) is 38.3 Å². The van der Waals surface area contributed by atoms with Crippen LogP contribution in [0.1, 0.15) is 11.1 Å².